The Morgan fingerprint density at radius 2 is 1.81 bits per heavy atom. The number of hydrogen-bond acceptors (Lipinski definition) is 5. The molecule has 1 aliphatic carbocycles. The second-order valence-electron chi connectivity index (χ2n) is 8.04. The fraction of sp³-hybridized carbons (Fsp3) is 0.435. The van der Waals surface area contributed by atoms with Crippen LogP contribution >= 0.6 is 0 Å². The van der Waals surface area contributed by atoms with Crippen molar-refractivity contribution in [3.63, 3.8) is 0 Å². The Morgan fingerprint density at radius 3 is 2.52 bits per heavy atom. The number of rotatable bonds is 6. The van der Waals surface area contributed by atoms with Crippen LogP contribution in [-0.4, -0.2) is 40.6 Å². The van der Waals surface area contributed by atoms with Crippen molar-refractivity contribution < 1.29 is 22.7 Å². The summed E-state index contributed by atoms with van der Waals surface area (Å²) >= 11 is 0. The molecule has 0 aromatic heterocycles. The Balaban J connectivity index is 1.55. The van der Waals surface area contributed by atoms with E-state index in [0.717, 1.165) is 12.8 Å². The number of carbonyl (C=O) groups is 1. The van der Waals surface area contributed by atoms with Crippen LogP contribution in [0.2, 0.25) is 0 Å². The van der Waals surface area contributed by atoms with E-state index >= 15 is 0 Å². The quantitative estimate of drug-likeness (QED) is 0.739. The van der Waals surface area contributed by atoms with Gasteiger partial charge in [0.1, 0.15) is 11.5 Å². The first-order valence-corrected chi connectivity index (χ1v) is 12.1. The van der Waals surface area contributed by atoms with E-state index in [-0.39, 0.29) is 17.3 Å². The molecule has 4 rings (SSSR count). The van der Waals surface area contributed by atoms with Crippen LogP contribution in [0.3, 0.4) is 0 Å². The third-order valence-corrected chi connectivity index (χ3v) is 7.76. The standard InChI is InChI=1S/C23H28N2O5S/c1-29-18-11-13-19(14-12-18)31(27,28)25-16-22(30-21-10-6-5-9-20(21)25)23(26)24-15-17-7-3-2-4-8-17/h5-6,9-14,17,22H,2-4,7-8,15-16H2,1H3,(H,24,26)/t22-/m1/s1. The molecule has 0 spiro atoms. The first kappa shape index (κ1) is 21.5. The van der Waals surface area contributed by atoms with Crippen LogP contribution < -0.4 is 19.1 Å². The molecule has 1 N–H and O–H groups in total. The second-order valence-corrected chi connectivity index (χ2v) is 9.90. The summed E-state index contributed by atoms with van der Waals surface area (Å²) in [5, 5.41) is 2.98. The van der Waals surface area contributed by atoms with Crippen molar-refractivity contribution in [2.45, 2.75) is 43.1 Å². The molecule has 2 aromatic carbocycles. The maximum absolute atomic E-state index is 13.4. The molecular weight excluding hydrogens is 416 g/mol. The predicted octanol–water partition coefficient (Wildman–Crippen LogP) is 3.35. The number of nitrogens with zero attached hydrogens (tertiary/aromatic N) is 1. The molecule has 31 heavy (non-hydrogen) atoms. The minimum absolute atomic E-state index is 0.0815. The van der Waals surface area contributed by atoms with Crippen LogP contribution in [0.1, 0.15) is 32.1 Å². The summed E-state index contributed by atoms with van der Waals surface area (Å²) in [4.78, 5) is 13.0. The predicted molar refractivity (Wildman–Crippen MR) is 118 cm³/mol. The van der Waals surface area contributed by atoms with E-state index in [4.69, 9.17) is 9.47 Å². The topological polar surface area (TPSA) is 84.9 Å². The first-order chi connectivity index (χ1) is 15.0. The monoisotopic (exact) mass is 444 g/mol. The minimum atomic E-state index is -3.88. The molecular formula is C23H28N2O5S. The normalized spacial score (nSPS) is 19.3. The Morgan fingerprint density at radius 1 is 1.10 bits per heavy atom. The van der Waals surface area contributed by atoms with Gasteiger partial charge in [0.2, 0.25) is 0 Å². The zero-order valence-corrected chi connectivity index (χ0v) is 18.4. The molecule has 1 fully saturated rings. The van der Waals surface area contributed by atoms with Gasteiger partial charge in [0.05, 0.1) is 24.2 Å². The summed E-state index contributed by atoms with van der Waals surface area (Å²) in [5.74, 6) is 1.15. The summed E-state index contributed by atoms with van der Waals surface area (Å²) < 4.78 is 39.1. The molecule has 1 amide bonds. The number of sulfonamides is 1. The van der Waals surface area contributed by atoms with Gasteiger partial charge in [0, 0.05) is 6.54 Å². The van der Waals surface area contributed by atoms with Gasteiger partial charge in [-0.15, -0.1) is 0 Å². The van der Waals surface area contributed by atoms with Crippen LogP contribution in [0.25, 0.3) is 0 Å². The number of anilines is 1. The lowest BCUT2D eigenvalue weighted by molar-refractivity contribution is -0.128. The smallest absolute Gasteiger partial charge is 0.264 e. The van der Waals surface area contributed by atoms with E-state index in [9.17, 15) is 13.2 Å². The Kier molecular flexibility index (Phi) is 6.36. The fourth-order valence-corrected chi connectivity index (χ4v) is 5.67. The second kappa shape index (κ2) is 9.18. The third kappa shape index (κ3) is 4.63. The minimum Gasteiger partial charge on any atom is -0.497 e. The molecule has 0 radical (unpaired) electrons. The molecule has 7 nitrogen and oxygen atoms in total. The van der Waals surface area contributed by atoms with Gasteiger partial charge in [0.15, 0.2) is 6.10 Å². The highest BCUT2D eigenvalue weighted by Crippen LogP contribution is 2.37. The Hall–Kier alpha value is -2.74. The number of benzene rings is 2. The van der Waals surface area contributed by atoms with Crippen LogP contribution in [-0.2, 0) is 14.8 Å². The van der Waals surface area contributed by atoms with E-state index in [1.165, 1.54) is 42.8 Å². The van der Waals surface area contributed by atoms with Gasteiger partial charge >= 0.3 is 0 Å². The Bertz CT molecular complexity index is 1020. The van der Waals surface area contributed by atoms with Crippen molar-refractivity contribution >= 4 is 21.6 Å². The van der Waals surface area contributed by atoms with E-state index < -0.39 is 16.1 Å². The molecule has 1 atom stereocenters. The summed E-state index contributed by atoms with van der Waals surface area (Å²) in [6.45, 7) is 0.521. The lowest BCUT2D eigenvalue weighted by Gasteiger charge is -2.35. The highest BCUT2D eigenvalue weighted by atomic mass is 32.2. The van der Waals surface area contributed by atoms with Crippen molar-refractivity contribution in [2.75, 3.05) is 24.5 Å². The zero-order chi connectivity index (χ0) is 21.8. The van der Waals surface area contributed by atoms with Gasteiger partial charge in [-0.1, -0.05) is 31.4 Å². The maximum Gasteiger partial charge on any atom is 0.264 e. The number of carbonyl (C=O) groups excluding carboxylic acids is 1. The number of nitrogens with one attached hydrogen (secondary N) is 1. The number of ether oxygens (including phenoxy) is 2. The van der Waals surface area contributed by atoms with Gasteiger partial charge in [0.25, 0.3) is 15.9 Å². The van der Waals surface area contributed by atoms with Gasteiger partial charge < -0.3 is 14.8 Å². The number of para-hydroxylation sites is 2. The average molecular weight is 445 g/mol. The number of methoxy groups -OCH3 is 1. The van der Waals surface area contributed by atoms with Gasteiger partial charge in [-0.2, -0.15) is 0 Å². The fourth-order valence-electron chi connectivity index (χ4n) is 4.19. The molecule has 2 aliphatic rings. The lowest BCUT2D eigenvalue weighted by atomic mass is 9.89. The third-order valence-electron chi connectivity index (χ3n) is 5.96. The van der Waals surface area contributed by atoms with Crippen LogP contribution in [0.4, 0.5) is 5.69 Å². The summed E-state index contributed by atoms with van der Waals surface area (Å²) in [7, 11) is -2.36. The molecule has 0 unspecified atom stereocenters. The molecule has 0 saturated heterocycles. The van der Waals surface area contributed by atoms with E-state index in [2.05, 4.69) is 5.32 Å². The average Bonchev–Trinajstić information content (AvgIpc) is 2.82. The highest BCUT2D eigenvalue weighted by Gasteiger charge is 2.37. The molecule has 166 valence electrons. The zero-order valence-electron chi connectivity index (χ0n) is 17.6. The van der Waals surface area contributed by atoms with Crippen LogP contribution in [0.5, 0.6) is 11.5 Å². The molecule has 2 aromatic rings. The van der Waals surface area contributed by atoms with Crippen molar-refractivity contribution in [1.29, 1.82) is 0 Å². The van der Waals surface area contributed by atoms with Crippen molar-refractivity contribution in [1.82, 2.24) is 5.32 Å². The molecule has 8 heteroatoms. The van der Waals surface area contributed by atoms with Crippen molar-refractivity contribution in [3.05, 3.63) is 48.5 Å². The summed E-state index contributed by atoms with van der Waals surface area (Å²) in [5.41, 5.74) is 0.426. The highest BCUT2D eigenvalue weighted by molar-refractivity contribution is 7.92. The van der Waals surface area contributed by atoms with Crippen LogP contribution in [0, 0.1) is 5.92 Å². The maximum atomic E-state index is 13.4. The van der Waals surface area contributed by atoms with Gasteiger partial charge in [-0.25, -0.2) is 8.42 Å². The number of fused-ring (bicyclic) bond motifs is 1. The van der Waals surface area contributed by atoms with E-state index in [0.29, 0.717) is 29.6 Å². The van der Waals surface area contributed by atoms with Crippen molar-refractivity contribution in [2.24, 2.45) is 5.92 Å². The largest absolute Gasteiger partial charge is 0.497 e. The lowest BCUT2D eigenvalue weighted by Crippen LogP contribution is -2.51. The molecule has 1 heterocycles. The first-order valence-electron chi connectivity index (χ1n) is 10.7. The van der Waals surface area contributed by atoms with Crippen LogP contribution in [0.15, 0.2) is 53.4 Å². The van der Waals surface area contributed by atoms with Gasteiger partial charge in [-0.05, 0) is 55.2 Å². The molecule has 0 bridgehead atoms. The number of hydrogen-bond donors (Lipinski definition) is 1. The Labute approximate surface area is 183 Å². The van der Waals surface area contributed by atoms with E-state index in [1.807, 2.05) is 0 Å². The summed E-state index contributed by atoms with van der Waals surface area (Å²) in [6, 6.07) is 13.1. The SMILES string of the molecule is COc1ccc(S(=O)(=O)N2C[C@H](C(=O)NCC3CCCCC3)Oc3ccccc32)cc1. The molecule has 1 aliphatic heterocycles. The number of amides is 1. The van der Waals surface area contributed by atoms with Crippen molar-refractivity contribution in [3.8, 4) is 11.5 Å². The summed E-state index contributed by atoms with van der Waals surface area (Å²) in [6.07, 6.45) is 4.97. The van der Waals surface area contributed by atoms with E-state index in [1.54, 1.807) is 36.4 Å². The van der Waals surface area contributed by atoms with Gasteiger partial charge in [-0.3, -0.25) is 9.10 Å². The molecule has 1 saturated carbocycles.